The first kappa shape index (κ1) is 24.6. The molecule has 4 heterocycles. The van der Waals surface area contributed by atoms with E-state index in [9.17, 15) is 21.9 Å². The Balaban J connectivity index is 1.34. The average Bonchev–Trinajstić information content (AvgIpc) is 3.14. The number of pyridine rings is 1. The van der Waals surface area contributed by atoms with Crippen molar-refractivity contribution >= 4 is 25.7 Å². The van der Waals surface area contributed by atoms with Gasteiger partial charge in [0, 0.05) is 32.7 Å². The number of aromatic nitrogens is 1. The van der Waals surface area contributed by atoms with E-state index in [4.69, 9.17) is 14.6 Å². The van der Waals surface area contributed by atoms with Crippen LogP contribution >= 0.6 is 0 Å². The van der Waals surface area contributed by atoms with Crippen LogP contribution < -0.4 is 20.1 Å². The maximum atomic E-state index is 13.2. The number of ether oxygens (including phenoxy) is 2. The van der Waals surface area contributed by atoms with Gasteiger partial charge in [-0.15, -0.1) is 0 Å². The Hall–Kier alpha value is -1.55. The van der Waals surface area contributed by atoms with Crippen molar-refractivity contribution in [1.29, 1.82) is 0 Å². The lowest BCUT2D eigenvalue weighted by atomic mass is 9.88. The maximum absolute atomic E-state index is 13.2. The number of likely N-dealkylation sites (N-methyl/N-ethyl adjacent to an activating group) is 1. The summed E-state index contributed by atoms with van der Waals surface area (Å²) in [5.74, 6) is -0.0715. The van der Waals surface area contributed by atoms with Crippen molar-refractivity contribution in [3.63, 3.8) is 0 Å². The number of hydrogen-bond donors (Lipinski definition) is 3. The fourth-order valence-electron chi connectivity index (χ4n) is 4.58. The van der Waals surface area contributed by atoms with Crippen LogP contribution in [0.3, 0.4) is 0 Å². The van der Waals surface area contributed by atoms with Crippen molar-refractivity contribution in [2.45, 2.75) is 41.9 Å². The predicted octanol–water partition coefficient (Wildman–Crippen LogP) is -1.54. The normalized spacial score (nSPS) is 24.5. The molecule has 0 radical (unpaired) electrons. The lowest BCUT2D eigenvalue weighted by Crippen LogP contribution is -2.47. The minimum absolute atomic E-state index is 0.0522. The van der Waals surface area contributed by atoms with Crippen LogP contribution in [0.2, 0.25) is 0 Å². The number of nitrogens with zero attached hydrogens (tertiary/aromatic N) is 3. The number of hydrogen-bond acceptors (Lipinski definition) is 10. The lowest BCUT2D eigenvalue weighted by Gasteiger charge is -2.38. The third-order valence-electron chi connectivity index (χ3n) is 6.43. The smallest absolute Gasteiger partial charge is 0.244 e. The summed E-state index contributed by atoms with van der Waals surface area (Å²) < 4.78 is 61.6. The molecule has 186 valence electrons. The molecule has 33 heavy (non-hydrogen) atoms. The van der Waals surface area contributed by atoms with Crippen molar-refractivity contribution < 1.29 is 31.4 Å². The second-order valence-corrected chi connectivity index (χ2v) is 12.6. The molecule has 1 aromatic heterocycles. The first-order chi connectivity index (χ1) is 15.5. The number of primary sulfonamides is 1. The molecule has 4 N–H and O–H groups in total. The summed E-state index contributed by atoms with van der Waals surface area (Å²) in [4.78, 5) is 6.27. The number of piperidine rings is 1. The molecule has 12 nitrogen and oxygen atoms in total. The monoisotopic (exact) mass is 505 g/mol. The van der Waals surface area contributed by atoms with Crippen LogP contribution in [0.15, 0.2) is 17.2 Å². The van der Waals surface area contributed by atoms with Gasteiger partial charge in [-0.25, -0.2) is 27.0 Å². The average molecular weight is 506 g/mol. The van der Waals surface area contributed by atoms with E-state index < -0.39 is 37.5 Å². The van der Waals surface area contributed by atoms with Crippen LogP contribution in [0.4, 0.5) is 5.69 Å². The maximum Gasteiger partial charge on any atom is 0.244 e. The van der Waals surface area contributed by atoms with E-state index >= 15 is 0 Å². The number of fused-ring (bicyclic) bond motifs is 1. The van der Waals surface area contributed by atoms with Crippen LogP contribution in [-0.2, 0) is 24.8 Å². The van der Waals surface area contributed by atoms with E-state index in [1.165, 1.54) is 10.5 Å². The molecule has 0 bridgehead atoms. The molecule has 2 saturated heterocycles. The van der Waals surface area contributed by atoms with Crippen LogP contribution in [0.5, 0.6) is 5.88 Å². The molecule has 0 unspecified atom stereocenters. The van der Waals surface area contributed by atoms with Gasteiger partial charge in [-0.05, 0) is 25.3 Å². The van der Waals surface area contributed by atoms with Crippen molar-refractivity contribution in [3.05, 3.63) is 12.3 Å². The SMILES string of the molecule is CN1CCOc2ncc(S(=O)(=O)N3CCC4(CC3)C[C@@H](NC[C@H](O)CS(N)(=O)=O)CO4)cc21. The Morgan fingerprint density at radius 1 is 1.30 bits per heavy atom. The molecule has 2 fully saturated rings. The molecular weight excluding hydrogens is 474 g/mol. The molecule has 14 heteroatoms. The fourth-order valence-corrected chi connectivity index (χ4v) is 6.65. The molecule has 0 amide bonds. The van der Waals surface area contributed by atoms with Crippen molar-refractivity contribution in [3.8, 4) is 5.88 Å². The van der Waals surface area contributed by atoms with E-state index in [-0.39, 0.29) is 17.5 Å². The number of rotatable bonds is 7. The third kappa shape index (κ3) is 5.58. The second kappa shape index (κ2) is 9.24. The number of nitrogens with one attached hydrogen (secondary N) is 1. The van der Waals surface area contributed by atoms with Crippen molar-refractivity contribution in [2.24, 2.45) is 5.14 Å². The zero-order valence-corrected chi connectivity index (χ0v) is 20.1. The quantitative estimate of drug-likeness (QED) is 0.396. The fraction of sp³-hybridized carbons (Fsp3) is 0.737. The van der Waals surface area contributed by atoms with Crippen molar-refractivity contribution in [1.82, 2.24) is 14.6 Å². The number of sulfonamides is 2. The van der Waals surface area contributed by atoms with E-state index in [1.54, 1.807) is 6.07 Å². The summed E-state index contributed by atoms with van der Waals surface area (Å²) in [5, 5.41) is 17.9. The molecule has 1 spiro atoms. The van der Waals surface area contributed by atoms with Gasteiger partial charge in [0.05, 0.1) is 36.8 Å². The Labute approximate surface area is 194 Å². The Bertz CT molecular complexity index is 1070. The lowest BCUT2D eigenvalue weighted by molar-refractivity contribution is -0.0312. The van der Waals surface area contributed by atoms with Gasteiger partial charge in [0.1, 0.15) is 17.2 Å². The standard InChI is InChI=1S/C19H31N5O7S2/c1-23-6-7-30-18-17(23)8-16(11-22-18)33(28,29)24-4-2-19(3-5-24)9-14(12-31-19)21-10-15(25)13-32(20,26)27/h8,11,14-15,21,25H,2-7,9-10,12-13H2,1H3,(H2,20,26,27)/t14-,15+/m1/s1. The molecule has 0 aromatic carbocycles. The number of aliphatic hydroxyl groups excluding tert-OH is 1. The second-order valence-electron chi connectivity index (χ2n) is 8.96. The highest BCUT2D eigenvalue weighted by atomic mass is 32.2. The molecule has 1 aromatic rings. The minimum atomic E-state index is -3.75. The summed E-state index contributed by atoms with van der Waals surface area (Å²) >= 11 is 0. The van der Waals surface area contributed by atoms with Gasteiger partial charge in [-0.3, -0.25) is 0 Å². The highest BCUT2D eigenvalue weighted by Gasteiger charge is 2.45. The zero-order chi connectivity index (χ0) is 23.9. The van der Waals surface area contributed by atoms with E-state index in [0.717, 1.165) is 0 Å². The van der Waals surface area contributed by atoms with E-state index in [0.29, 0.717) is 63.7 Å². The van der Waals surface area contributed by atoms with Crippen LogP contribution in [0.1, 0.15) is 19.3 Å². The Kier molecular flexibility index (Phi) is 6.88. The number of aliphatic hydroxyl groups is 1. The first-order valence-corrected chi connectivity index (χ1v) is 14.0. The molecule has 3 aliphatic rings. The predicted molar refractivity (Wildman–Crippen MR) is 120 cm³/mol. The Morgan fingerprint density at radius 3 is 2.73 bits per heavy atom. The van der Waals surface area contributed by atoms with Gasteiger partial charge in [0.2, 0.25) is 25.9 Å². The largest absolute Gasteiger partial charge is 0.474 e. The third-order valence-corrected chi connectivity index (χ3v) is 9.14. The highest BCUT2D eigenvalue weighted by molar-refractivity contribution is 7.89. The van der Waals surface area contributed by atoms with Gasteiger partial charge in [0.25, 0.3) is 0 Å². The van der Waals surface area contributed by atoms with Crippen LogP contribution in [-0.4, -0.2) is 101 Å². The molecule has 2 atom stereocenters. The molecule has 3 aliphatic heterocycles. The molecular formula is C19H31N5O7S2. The zero-order valence-electron chi connectivity index (χ0n) is 18.5. The minimum Gasteiger partial charge on any atom is -0.474 e. The topological polar surface area (TPSA) is 164 Å². The van der Waals surface area contributed by atoms with E-state index in [1.807, 2.05) is 11.9 Å². The number of nitrogens with two attached hydrogens (primary N) is 1. The molecule has 0 aliphatic carbocycles. The van der Waals surface area contributed by atoms with Gasteiger partial charge in [-0.1, -0.05) is 0 Å². The summed E-state index contributed by atoms with van der Waals surface area (Å²) in [6.45, 7) is 2.33. The van der Waals surface area contributed by atoms with Gasteiger partial charge < -0.3 is 24.8 Å². The van der Waals surface area contributed by atoms with Crippen LogP contribution in [0, 0.1) is 0 Å². The van der Waals surface area contributed by atoms with Gasteiger partial charge >= 0.3 is 0 Å². The molecule has 0 saturated carbocycles. The summed E-state index contributed by atoms with van der Waals surface area (Å²) in [7, 11) is -5.57. The highest BCUT2D eigenvalue weighted by Crippen LogP contribution is 2.38. The Morgan fingerprint density at radius 2 is 2.03 bits per heavy atom. The number of anilines is 1. The summed E-state index contributed by atoms with van der Waals surface area (Å²) in [6.07, 6.45) is 2.00. The van der Waals surface area contributed by atoms with Crippen LogP contribution in [0.25, 0.3) is 0 Å². The molecule has 4 rings (SSSR count). The summed E-state index contributed by atoms with van der Waals surface area (Å²) in [5.41, 5.74) is 0.227. The first-order valence-electron chi connectivity index (χ1n) is 10.9. The van der Waals surface area contributed by atoms with E-state index in [2.05, 4.69) is 10.3 Å². The summed E-state index contributed by atoms with van der Waals surface area (Å²) in [6, 6.07) is 1.56. The van der Waals surface area contributed by atoms with Crippen molar-refractivity contribution in [2.75, 3.05) is 57.1 Å². The van der Waals surface area contributed by atoms with Gasteiger partial charge in [-0.2, -0.15) is 4.31 Å². The van der Waals surface area contributed by atoms with Gasteiger partial charge in [0.15, 0.2) is 0 Å².